The number of likely N-dealkylation sites (N-methyl/N-ethyl adjacent to an activating group) is 1. The number of furan rings is 1. The zero-order valence-corrected chi connectivity index (χ0v) is 14.8. The monoisotopic (exact) mass is 343 g/mol. The van der Waals surface area contributed by atoms with E-state index in [1.165, 1.54) is 5.56 Å². The van der Waals surface area contributed by atoms with Gasteiger partial charge in [0.15, 0.2) is 0 Å². The number of fused-ring (bicyclic) bond motifs is 3. The number of rotatable bonds is 5. The van der Waals surface area contributed by atoms with Crippen LogP contribution in [0.5, 0.6) is 0 Å². The molecule has 3 nitrogen and oxygen atoms in total. The molecule has 0 bridgehead atoms. The Morgan fingerprint density at radius 2 is 1.73 bits per heavy atom. The molecule has 0 N–H and O–H groups in total. The largest absolute Gasteiger partial charge is 0.464 e. The molecule has 0 spiro atoms. The van der Waals surface area contributed by atoms with Crippen molar-refractivity contribution in [2.24, 2.45) is 0 Å². The Kier molecular flexibility index (Phi) is 4.44. The molecule has 4 rings (SSSR count). The van der Waals surface area contributed by atoms with Gasteiger partial charge >= 0.3 is 0 Å². The Morgan fingerprint density at radius 3 is 2.58 bits per heavy atom. The van der Waals surface area contributed by atoms with E-state index in [4.69, 9.17) is 4.42 Å². The minimum Gasteiger partial charge on any atom is -0.464 e. The molecule has 0 aliphatic carbocycles. The summed E-state index contributed by atoms with van der Waals surface area (Å²) in [6.07, 6.45) is 2.94. The second kappa shape index (κ2) is 7.04. The van der Waals surface area contributed by atoms with Gasteiger partial charge < -0.3 is 9.32 Å². The van der Waals surface area contributed by atoms with Crippen molar-refractivity contribution >= 4 is 27.6 Å². The first kappa shape index (κ1) is 16.4. The molecule has 0 radical (unpaired) electrons. The Labute approximate surface area is 152 Å². The Morgan fingerprint density at radius 1 is 0.962 bits per heavy atom. The molecule has 1 aromatic heterocycles. The summed E-state index contributed by atoms with van der Waals surface area (Å²) >= 11 is 0. The van der Waals surface area contributed by atoms with Crippen molar-refractivity contribution in [3.05, 3.63) is 84.1 Å². The summed E-state index contributed by atoms with van der Waals surface area (Å²) in [5.74, 6) is 0.108. The van der Waals surface area contributed by atoms with Crippen LogP contribution in [0.25, 0.3) is 21.7 Å². The van der Waals surface area contributed by atoms with Gasteiger partial charge in [-0.05, 0) is 28.8 Å². The van der Waals surface area contributed by atoms with Crippen molar-refractivity contribution in [1.29, 1.82) is 0 Å². The lowest BCUT2D eigenvalue weighted by Gasteiger charge is -2.17. The summed E-state index contributed by atoms with van der Waals surface area (Å²) in [4.78, 5) is 14.5. The van der Waals surface area contributed by atoms with Crippen molar-refractivity contribution in [1.82, 2.24) is 4.90 Å². The van der Waals surface area contributed by atoms with Crippen molar-refractivity contribution < 1.29 is 9.21 Å². The molecule has 0 saturated heterocycles. The molecule has 4 aromatic rings. The molecule has 1 amide bonds. The van der Waals surface area contributed by atoms with Crippen LogP contribution >= 0.6 is 0 Å². The van der Waals surface area contributed by atoms with Crippen molar-refractivity contribution in [2.75, 3.05) is 13.6 Å². The Hall–Kier alpha value is -3.07. The normalized spacial score (nSPS) is 11.1. The van der Waals surface area contributed by atoms with Crippen LogP contribution in [0.4, 0.5) is 0 Å². The molecular formula is C23H21NO2. The van der Waals surface area contributed by atoms with Crippen molar-refractivity contribution in [3.8, 4) is 0 Å². The third-order valence-electron chi connectivity index (χ3n) is 4.89. The van der Waals surface area contributed by atoms with E-state index in [1.54, 1.807) is 11.2 Å². The third kappa shape index (κ3) is 3.21. The predicted molar refractivity (Wildman–Crippen MR) is 105 cm³/mol. The van der Waals surface area contributed by atoms with E-state index >= 15 is 0 Å². The maximum Gasteiger partial charge on any atom is 0.226 e. The molecule has 26 heavy (non-hydrogen) atoms. The maximum atomic E-state index is 12.7. The van der Waals surface area contributed by atoms with E-state index in [-0.39, 0.29) is 5.91 Å². The standard InChI is InChI=1S/C23H21NO2/c1-24(14-13-17-7-3-2-4-8-17)22(25)15-19-16-26-21-12-11-18-9-5-6-10-20(18)23(19)21/h2-12,16H,13-15H2,1H3. The third-order valence-corrected chi connectivity index (χ3v) is 4.89. The van der Waals surface area contributed by atoms with Gasteiger partial charge in [0, 0.05) is 24.5 Å². The molecule has 130 valence electrons. The Balaban J connectivity index is 1.53. The number of hydrogen-bond donors (Lipinski definition) is 0. The molecule has 0 saturated carbocycles. The van der Waals surface area contributed by atoms with E-state index in [9.17, 15) is 4.79 Å². The number of carbonyl (C=O) groups is 1. The number of nitrogens with zero attached hydrogens (tertiary/aromatic N) is 1. The van der Waals surface area contributed by atoms with Crippen LogP contribution in [0.3, 0.4) is 0 Å². The highest BCUT2D eigenvalue weighted by molar-refractivity contribution is 6.08. The number of hydrogen-bond acceptors (Lipinski definition) is 2. The molecule has 0 unspecified atom stereocenters. The first-order valence-electron chi connectivity index (χ1n) is 8.88. The topological polar surface area (TPSA) is 33.5 Å². The first-order chi connectivity index (χ1) is 12.7. The lowest BCUT2D eigenvalue weighted by Crippen LogP contribution is -2.30. The molecule has 0 aliphatic rings. The molecule has 1 heterocycles. The SMILES string of the molecule is CN(CCc1ccccc1)C(=O)Cc1coc2ccc3ccccc3c12. The fourth-order valence-corrected chi connectivity index (χ4v) is 3.37. The minimum atomic E-state index is 0.108. The summed E-state index contributed by atoms with van der Waals surface area (Å²) in [5.41, 5.74) is 3.03. The van der Waals surface area contributed by atoms with Gasteiger partial charge in [0.25, 0.3) is 0 Å². The van der Waals surface area contributed by atoms with Gasteiger partial charge in [0.2, 0.25) is 5.91 Å². The average molecular weight is 343 g/mol. The maximum absolute atomic E-state index is 12.7. The highest BCUT2D eigenvalue weighted by atomic mass is 16.3. The van der Waals surface area contributed by atoms with E-state index < -0.39 is 0 Å². The second-order valence-corrected chi connectivity index (χ2v) is 6.65. The smallest absolute Gasteiger partial charge is 0.226 e. The van der Waals surface area contributed by atoms with Gasteiger partial charge in [-0.2, -0.15) is 0 Å². The molecule has 0 fully saturated rings. The van der Waals surface area contributed by atoms with Gasteiger partial charge in [-0.3, -0.25) is 4.79 Å². The van der Waals surface area contributed by atoms with E-state index in [0.29, 0.717) is 13.0 Å². The van der Waals surface area contributed by atoms with E-state index in [1.807, 2.05) is 43.4 Å². The number of carbonyl (C=O) groups excluding carboxylic acids is 1. The molecule has 3 heteroatoms. The molecule has 0 atom stereocenters. The van der Waals surface area contributed by atoms with Gasteiger partial charge in [0.1, 0.15) is 5.58 Å². The van der Waals surface area contributed by atoms with Gasteiger partial charge in [0.05, 0.1) is 12.7 Å². The molecular weight excluding hydrogens is 322 g/mol. The highest BCUT2D eigenvalue weighted by Crippen LogP contribution is 2.30. The molecule has 3 aromatic carbocycles. The minimum absolute atomic E-state index is 0.108. The number of benzene rings is 3. The van der Waals surface area contributed by atoms with E-state index in [2.05, 4.69) is 30.3 Å². The van der Waals surface area contributed by atoms with Gasteiger partial charge in [-0.25, -0.2) is 0 Å². The summed E-state index contributed by atoms with van der Waals surface area (Å²) in [6, 6.07) is 22.5. The Bertz CT molecular complexity index is 1050. The summed E-state index contributed by atoms with van der Waals surface area (Å²) in [5, 5.41) is 3.34. The fourth-order valence-electron chi connectivity index (χ4n) is 3.37. The zero-order chi connectivity index (χ0) is 17.9. The van der Waals surface area contributed by atoms with Crippen LogP contribution in [0, 0.1) is 0 Å². The zero-order valence-electron chi connectivity index (χ0n) is 14.8. The van der Waals surface area contributed by atoms with Crippen LogP contribution in [0.15, 0.2) is 77.4 Å². The predicted octanol–water partition coefficient (Wildman–Crippen LogP) is 4.83. The quantitative estimate of drug-likeness (QED) is 0.520. The number of amides is 1. The first-order valence-corrected chi connectivity index (χ1v) is 8.88. The van der Waals surface area contributed by atoms with Crippen LogP contribution in [-0.2, 0) is 17.6 Å². The summed E-state index contributed by atoms with van der Waals surface area (Å²) in [6.45, 7) is 0.708. The van der Waals surface area contributed by atoms with Crippen LogP contribution < -0.4 is 0 Å². The average Bonchev–Trinajstić information content (AvgIpc) is 3.10. The van der Waals surface area contributed by atoms with Crippen molar-refractivity contribution in [2.45, 2.75) is 12.8 Å². The lowest BCUT2D eigenvalue weighted by molar-refractivity contribution is -0.129. The van der Waals surface area contributed by atoms with Gasteiger partial charge in [-0.15, -0.1) is 0 Å². The van der Waals surface area contributed by atoms with Crippen molar-refractivity contribution in [3.63, 3.8) is 0 Å². The lowest BCUT2D eigenvalue weighted by atomic mass is 10.0. The van der Waals surface area contributed by atoms with E-state index in [0.717, 1.165) is 33.7 Å². The summed E-state index contributed by atoms with van der Waals surface area (Å²) in [7, 11) is 1.87. The summed E-state index contributed by atoms with van der Waals surface area (Å²) < 4.78 is 5.70. The van der Waals surface area contributed by atoms with Gasteiger partial charge in [-0.1, -0.05) is 60.7 Å². The van der Waals surface area contributed by atoms with Crippen LogP contribution in [-0.4, -0.2) is 24.4 Å². The molecule has 0 aliphatic heterocycles. The van der Waals surface area contributed by atoms with Crippen LogP contribution in [0.2, 0.25) is 0 Å². The van der Waals surface area contributed by atoms with Crippen LogP contribution in [0.1, 0.15) is 11.1 Å². The fraction of sp³-hybridized carbons (Fsp3) is 0.174. The second-order valence-electron chi connectivity index (χ2n) is 6.65. The highest BCUT2D eigenvalue weighted by Gasteiger charge is 2.15.